The summed E-state index contributed by atoms with van der Waals surface area (Å²) in [6.45, 7) is 7.52. The predicted molar refractivity (Wildman–Crippen MR) is 137 cm³/mol. The van der Waals surface area contributed by atoms with E-state index >= 15 is 0 Å². The van der Waals surface area contributed by atoms with Gasteiger partial charge in [0.05, 0.1) is 32.5 Å². The lowest BCUT2D eigenvalue weighted by molar-refractivity contribution is 0.122. The van der Waals surface area contributed by atoms with Gasteiger partial charge in [0.25, 0.3) is 0 Å². The molecule has 3 fully saturated rings. The fourth-order valence-corrected chi connectivity index (χ4v) is 4.68. The number of rotatable bonds is 4. The van der Waals surface area contributed by atoms with Gasteiger partial charge in [-0.05, 0) is 6.92 Å². The van der Waals surface area contributed by atoms with Crippen molar-refractivity contribution in [3.05, 3.63) is 22.4 Å². The number of hydrogen-bond acceptors (Lipinski definition) is 12. The molecule has 202 valence electrons. The van der Waals surface area contributed by atoms with Crippen molar-refractivity contribution in [3.8, 4) is 0 Å². The second-order valence-electron chi connectivity index (χ2n) is 8.45. The molecule has 0 spiro atoms. The predicted octanol–water partition coefficient (Wildman–Crippen LogP) is 1.68. The van der Waals surface area contributed by atoms with Crippen LogP contribution in [0.1, 0.15) is 6.92 Å². The highest BCUT2D eigenvalue weighted by atomic mass is 35.5. The van der Waals surface area contributed by atoms with E-state index in [1.165, 1.54) is 4.90 Å². The minimum atomic E-state index is -3.45. The Balaban J connectivity index is 0.000000176. The molecular weight excluding hydrogens is 549 g/mol. The fraction of sp³-hybridized carbons (Fsp3) is 0.571. The monoisotopic (exact) mass is 575 g/mol. The number of hydrogen-bond donors (Lipinski definition) is 0. The van der Waals surface area contributed by atoms with E-state index in [4.69, 9.17) is 37.4 Å². The summed E-state index contributed by atoms with van der Waals surface area (Å²) in [6.07, 6.45) is 0.620. The summed E-state index contributed by atoms with van der Waals surface area (Å²) in [6, 6.07) is 3.16. The zero-order chi connectivity index (χ0) is 26.6. The highest BCUT2D eigenvalue weighted by Gasteiger charge is 2.33. The van der Waals surface area contributed by atoms with E-state index in [0.717, 1.165) is 19.3 Å². The van der Waals surface area contributed by atoms with Gasteiger partial charge in [-0.15, -0.1) is 0 Å². The lowest BCUT2D eigenvalue weighted by Crippen LogP contribution is -2.38. The van der Waals surface area contributed by atoms with Gasteiger partial charge in [-0.2, -0.15) is 4.98 Å². The van der Waals surface area contributed by atoms with Gasteiger partial charge in [0.2, 0.25) is 20.9 Å². The molecule has 0 unspecified atom stereocenters. The number of halogens is 2. The highest BCUT2D eigenvalue weighted by molar-refractivity contribution is 7.90. The van der Waals surface area contributed by atoms with Gasteiger partial charge < -0.3 is 24.0 Å². The van der Waals surface area contributed by atoms with Gasteiger partial charge in [0.1, 0.15) is 28.5 Å². The maximum absolute atomic E-state index is 11.7. The van der Waals surface area contributed by atoms with Crippen LogP contribution in [0.3, 0.4) is 0 Å². The van der Waals surface area contributed by atoms with Crippen LogP contribution in [0.15, 0.2) is 17.3 Å². The third-order valence-electron chi connectivity index (χ3n) is 5.63. The Kier molecular flexibility index (Phi) is 8.85. The van der Waals surface area contributed by atoms with Crippen LogP contribution in [-0.2, 0) is 24.0 Å². The number of anilines is 3. The molecule has 3 saturated heterocycles. The van der Waals surface area contributed by atoms with Crippen molar-refractivity contribution in [3.63, 3.8) is 0 Å². The van der Waals surface area contributed by atoms with Crippen molar-refractivity contribution < 1.29 is 27.4 Å². The van der Waals surface area contributed by atoms with E-state index in [1.54, 1.807) is 12.1 Å². The maximum Gasteiger partial charge on any atom is 0.417 e. The Hall–Kier alpha value is -2.52. The molecule has 5 heterocycles. The Bertz CT molecular complexity index is 1230. The van der Waals surface area contributed by atoms with Crippen molar-refractivity contribution in [1.29, 1.82) is 0 Å². The van der Waals surface area contributed by atoms with Crippen molar-refractivity contribution in [2.24, 2.45) is 0 Å². The first-order valence-corrected chi connectivity index (χ1v) is 14.2. The van der Waals surface area contributed by atoms with Crippen LogP contribution in [-0.4, -0.2) is 106 Å². The summed E-state index contributed by atoms with van der Waals surface area (Å²) in [4.78, 5) is 33.4. The number of cyclic esters (lactones) is 1. The molecule has 2 aromatic heterocycles. The van der Waals surface area contributed by atoms with E-state index < -0.39 is 15.9 Å². The molecule has 1 atom stereocenters. The fourth-order valence-electron chi connectivity index (χ4n) is 3.76. The third kappa shape index (κ3) is 7.08. The lowest BCUT2D eigenvalue weighted by Gasteiger charge is -2.28. The summed E-state index contributed by atoms with van der Waals surface area (Å²) in [7, 11) is -3.45. The minimum Gasteiger partial charge on any atom is -0.447 e. The normalized spacial score (nSPS) is 20.4. The first kappa shape index (κ1) is 27.5. The number of amides is 1. The van der Waals surface area contributed by atoms with E-state index in [1.807, 2.05) is 11.8 Å². The first-order valence-electron chi connectivity index (χ1n) is 11.5. The van der Waals surface area contributed by atoms with Crippen LogP contribution in [0.2, 0.25) is 10.3 Å². The molecule has 37 heavy (non-hydrogen) atoms. The summed E-state index contributed by atoms with van der Waals surface area (Å²) in [5.74, 6) is 1.51. The summed E-state index contributed by atoms with van der Waals surface area (Å²) in [5, 5.41) is 0.191. The van der Waals surface area contributed by atoms with Crippen LogP contribution in [0, 0.1) is 0 Å². The number of ether oxygens (including phenoxy) is 3. The smallest absolute Gasteiger partial charge is 0.417 e. The number of nitrogens with zero attached hydrogens (tertiary/aromatic N) is 7. The second-order valence-corrected chi connectivity index (χ2v) is 11.1. The number of morpholine rings is 2. The molecule has 0 aliphatic carbocycles. The van der Waals surface area contributed by atoms with E-state index in [0.29, 0.717) is 62.9 Å². The zero-order valence-corrected chi connectivity index (χ0v) is 22.7. The molecule has 13 nitrogen and oxygen atoms in total. The molecular formula is C21H27Cl2N7O6S. The maximum atomic E-state index is 11.7. The molecule has 3 aliphatic rings. The van der Waals surface area contributed by atoms with Crippen LogP contribution >= 0.6 is 23.2 Å². The number of carbonyl (C=O) groups is 1. The quantitative estimate of drug-likeness (QED) is 0.386. The number of sulfone groups is 1. The van der Waals surface area contributed by atoms with E-state index in [9.17, 15) is 13.2 Å². The van der Waals surface area contributed by atoms with Crippen LogP contribution in [0.4, 0.5) is 22.4 Å². The second kappa shape index (κ2) is 11.9. The van der Waals surface area contributed by atoms with Gasteiger partial charge in [0.15, 0.2) is 0 Å². The molecule has 3 aliphatic heterocycles. The molecule has 2 aromatic rings. The minimum absolute atomic E-state index is 0.0986. The molecule has 0 aromatic carbocycles. The van der Waals surface area contributed by atoms with Gasteiger partial charge in [-0.1, -0.05) is 23.2 Å². The number of carbonyl (C=O) groups excluding carboxylic acids is 1. The summed E-state index contributed by atoms with van der Waals surface area (Å²) < 4.78 is 38.3. The lowest BCUT2D eigenvalue weighted by atomic mass is 10.3. The molecule has 0 radical (unpaired) electrons. The number of aromatic nitrogens is 4. The Morgan fingerprint density at radius 1 is 0.865 bits per heavy atom. The summed E-state index contributed by atoms with van der Waals surface area (Å²) >= 11 is 11.9. The van der Waals surface area contributed by atoms with Crippen molar-refractivity contribution in [2.45, 2.75) is 18.1 Å². The molecule has 0 bridgehead atoms. The van der Waals surface area contributed by atoms with Gasteiger partial charge in [-0.25, -0.2) is 33.1 Å². The topological polar surface area (TPSA) is 140 Å². The zero-order valence-electron chi connectivity index (χ0n) is 20.3. The van der Waals surface area contributed by atoms with Crippen molar-refractivity contribution >= 4 is 56.7 Å². The van der Waals surface area contributed by atoms with E-state index in [2.05, 4.69) is 24.8 Å². The van der Waals surface area contributed by atoms with Crippen LogP contribution in [0.5, 0.6) is 0 Å². The molecule has 5 rings (SSSR count). The van der Waals surface area contributed by atoms with Crippen LogP contribution < -0.4 is 14.7 Å². The molecule has 0 N–H and O–H groups in total. The van der Waals surface area contributed by atoms with E-state index in [-0.39, 0.29) is 22.3 Å². The average molecular weight is 576 g/mol. The highest BCUT2D eigenvalue weighted by Crippen LogP contribution is 2.25. The Morgan fingerprint density at radius 3 is 1.86 bits per heavy atom. The molecule has 16 heteroatoms. The van der Waals surface area contributed by atoms with Crippen molar-refractivity contribution in [1.82, 2.24) is 19.9 Å². The SMILES string of the molecule is CS(=O)(=O)c1nc(Cl)cc(N2CCOCC2)n1.C[C@H]1COC(=O)N1c1nc(Cl)cc(N2CCOCC2)n1. The van der Waals surface area contributed by atoms with Crippen molar-refractivity contribution in [2.75, 3.05) is 80.2 Å². The molecule has 1 amide bonds. The first-order chi connectivity index (χ1) is 17.6. The standard InChI is InChI=1S/C12H15ClN4O3.C9H12ClN3O3S/c1-8-7-20-12(18)17(8)11-14-9(13)6-10(15-11)16-2-4-19-5-3-16;1-17(14,15)9-11-7(10)6-8(12-9)13-2-4-16-5-3-13/h6,8H,2-5,7H2,1H3;6H,2-5H2,1H3/t8-;/m0./s1. The van der Waals surface area contributed by atoms with Gasteiger partial charge in [0, 0.05) is 44.6 Å². The van der Waals surface area contributed by atoms with Gasteiger partial charge in [-0.3, -0.25) is 0 Å². The third-order valence-corrected chi connectivity index (χ3v) is 6.87. The van der Waals surface area contributed by atoms with Crippen LogP contribution in [0.25, 0.3) is 0 Å². The van der Waals surface area contributed by atoms with Gasteiger partial charge >= 0.3 is 6.09 Å². The average Bonchev–Trinajstić information content (AvgIpc) is 3.22. The summed E-state index contributed by atoms with van der Waals surface area (Å²) in [5.41, 5.74) is 0. The Labute approximate surface area is 224 Å². The Morgan fingerprint density at radius 2 is 1.38 bits per heavy atom. The molecule has 0 saturated carbocycles. The largest absolute Gasteiger partial charge is 0.447 e.